The largest absolute Gasteiger partial charge is 0.487 e. The first kappa shape index (κ1) is 13.1. The summed E-state index contributed by atoms with van der Waals surface area (Å²) in [5.41, 5.74) is 4.35. The molecule has 2 aromatic rings. The molecule has 0 atom stereocenters. The van der Waals surface area contributed by atoms with E-state index in [9.17, 15) is 0 Å². The van der Waals surface area contributed by atoms with E-state index < -0.39 is 0 Å². The van der Waals surface area contributed by atoms with Gasteiger partial charge < -0.3 is 4.74 Å². The first-order valence-electron chi connectivity index (χ1n) is 5.89. The third-order valence-electron chi connectivity index (χ3n) is 3.03. The van der Waals surface area contributed by atoms with Crippen molar-refractivity contribution in [2.75, 3.05) is 0 Å². The second-order valence-electron chi connectivity index (χ2n) is 4.34. The molecule has 0 aliphatic carbocycles. The van der Waals surface area contributed by atoms with Crippen LogP contribution in [0.25, 0.3) is 0 Å². The lowest BCUT2D eigenvalue weighted by Gasteiger charge is -2.14. The standard InChI is InChI=1S/C15H16BrNO/c1-10-11(2)15(16)17-12(3)14(10)18-9-13-7-5-4-6-8-13/h4-8H,9H2,1-3H3. The smallest absolute Gasteiger partial charge is 0.144 e. The average molecular weight is 306 g/mol. The first-order valence-corrected chi connectivity index (χ1v) is 6.69. The summed E-state index contributed by atoms with van der Waals surface area (Å²) in [4.78, 5) is 4.44. The van der Waals surface area contributed by atoms with Gasteiger partial charge in [0, 0.05) is 0 Å². The molecule has 0 bridgehead atoms. The predicted octanol–water partition coefficient (Wildman–Crippen LogP) is 4.35. The van der Waals surface area contributed by atoms with E-state index in [4.69, 9.17) is 4.74 Å². The minimum absolute atomic E-state index is 0.575. The molecule has 0 radical (unpaired) electrons. The maximum Gasteiger partial charge on any atom is 0.144 e. The molecule has 0 saturated heterocycles. The van der Waals surface area contributed by atoms with Crippen LogP contribution in [0.5, 0.6) is 5.75 Å². The Hall–Kier alpha value is -1.35. The molecule has 0 N–H and O–H groups in total. The predicted molar refractivity (Wildman–Crippen MR) is 76.9 cm³/mol. The van der Waals surface area contributed by atoms with E-state index in [-0.39, 0.29) is 0 Å². The van der Waals surface area contributed by atoms with Crippen LogP contribution in [0.2, 0.25) is 0 Å². The van der Waals surface area contributed by atoms with Crippen LogP contribution in [-0.2, 0) is 6.61 Å². The fraction of sp³-hybridized carbons (Fsp3) is 0.267. The Morgan fingerprint density at radius 2 is 1.72 bits per heavy atom. The highest BCUT2D eigenvalue weighted by Gasteiger charge is 2.11. The maximum absolute atomic E-state index is 5.91. The fourth-order valence-corrected chi connectivity index (χ4v) is 2.38. The SMILES string of the molecule is Cc1nc(Br)c(C)c(C)c1OCc1ccccc1. The Kier molecular flexibility index (Phi) is 4.02. The maximum atomic E-state index is 5.91. The molecule has 0 aliphatic heterocycles. The third-order valence-corrected chi connectivity index (χ3v) is 3.81. The molecule has 94 valence electrons. The summed E-state index contributed by atoms with van der Waals surface area (Å²) in [7, 11) is 0. The fourth-order valence-electron chi connectivity index (χ4n) is 1.82. The lowest BCUT2D eigenvalue weighted by atomic mass is 10.1. The minimum Gasteiger partial charge on any atom is -0.487 e. The molecular formula is C15H16BrNO. The van der Waals surface area contributed by atoms with Gasteiger partial charge in [-0.05, 0) is 53.4 Å². The third kappa shape index (κ3) is 2.72. The van der Waals surface area contributed by atoms with E-state index in [2.05, 4.69) is 40.0 Å². The second-order valence-corrected chi connectivity index (χ2v) is 5.09. The van der Waals surface area contributed by atoms with Gasteiger partial charge in [0.1, 0.15) is 17.0 Å². The van der Waals surface area contributed by atoms with E-state index in [0.29, 0.717) is 6.61 Å². The van der Waals surface area contributed by atoms with Crippen molar-refractivity contribution >= 4 is 15.9 Å². The van der Waals surface area contributed by atoms with Crippen LogP contribution in [-0.4, -0.2) is 4.98 Å². The summed E-state index contributed by atoms with van der Waals surface area (Å²) in [5, 5.41) is 0. The molecule has 2 rings (SSSR count). The number of benzene rings is 1. The topological polar surface area (TPSA) is 22.1 Å². The molecule has 1 heterocycles. The molecule has 1 aromatic carbocycles. The minimum atomic E-state index is 0.575. The molecule has 1 aromatic heterocycles. The van der Waals surface area contributed by atoms with E-state index >= 15 is 0 Å². The Morgan fingerprint density at radius 3 is 2.39 bits per heavy atom. The van der Waals surface area contributed by atoms with Crippen molar-refractivity contribution in [3.05, 3.63) is 57.3 Å². The summed E-state index contributed by atoms with van der Waals surface area (Å²) in [6, 6.07) is 10.2. The van der Waals surface area contributed by atoms with Gasteiger partial charge in [-0.3, -0.25) is 0 Å². The van der Waals surface area contributed by atoms with E-state index in [1.807, 2.05) is 32.0 Å². The first-order chi connectivity index (χ1) is 8.59. The highest BCUT2D eigenvalue weighted by Crippen LogP contribution is 2.29. The molecule has 2 nitrogen and oxygen atoms in total. The molecule has 0 saturated carbocycles. The van der Waals surface area contributed by atoms with Crippen LogP contribution >= 0.6 is 15.9 Å². The Bertz CT molecular complexity index is 552. The van der Waals surface area contributed by atoms with Crippen LogP contribution < -0.4 is 4.74 Å². The quantitative estimate of drug-likeness (QED) is 0.787. The van der Waals surface area contributed by atoms with Gasteiger partial charge in [0.2, 0.25) is 0 Å². The molecule has 0 unspecified atom stereocenters. The number of nitrogens with zero attached hydrogens (tertiary/aromatic N) is 1. The Balaban J connectivity index is 2.22. The van der Waals surface area contributed by atoms with Gasteiger partial charge >= 0.3 is 0 Å². The molecule has 0 aliphatic rings. The van der Waals surface area contributed by atoms with Crippen molar-refractivity contribution in [2.45, 2.75) is 27.4 Å². The van der Waals surface area contributed by atoms with Crippen molar-refractivity contribution in [1.29, 1.82) is 0 Å². The Morgan fingerprint density at radius 1 is 1.06 bits per heavy atom. The monoisotopic (exact) mass is 305 g/mol. The molecule has 18 heavy (non-hydrogen) atoms. The zero-order valence-corrected chi connectivity index (χ0v) is 12.4. The van der Waals surface area contributed by atoms with Gasteiger partial charge in [-0.25, -0.2) is 4.98 Å². The lowest BCUT2D eigenvalue weighted by molar-refractivity contribution is 0.300. The average Bonchev–Trinajstić information content (AvgIpc) is 2.37. The lowest BCUT2D eigenvalue weighted by Crippen LogP contribution is -2.02. The number of aromatic nitrogens is 1. The molecular weight excluding hydrogens is 290 g/mol. The number of aryl methyl sites for hydroxylation is 1. The highest BCUT2D eigenvalue weighted by molar-refractivity contribution is 9.10. The number of hydrogen-bond donors (Lipinski definition) is 0. The van der Waals surface area contributed by atoms with Gasteiger partial charge in [-0.1, -0.05) is 30.3 Å². The van der Waals surface area contributed by atoms with Crippen molar-refractivity contribution in [2.24, 2.45) is 0 Å². The highest BCUT2D eigenvalue weighted by atomic mass is 79.9. The van der Waals surface area contributed by atoms with Gasteiger partial charge in [-0.15, -0.1) is 0 Å². The zero-order valence-electron chi connectivity index (χ0n) is 10.8. The molecule has 0 amide bonds. The normalized spacial score (nSPS) is 10.4. The summed E-state index contributed by atoms with van der Waals surface area (Å²) < 4.78 is 6.80. The van der Waals surface area contributed by atoms with Crippen molar-refractivity contribution in [3.63, 3.8) is 0 Å². The van der Waals surface area contributed by atoms with Gasteiger partial charge in [-0.2, -0.15) is 0 Å². The number of halogens is 1. The van der Waals surface area contributed by atoms with Crippen LogP contribution in [0.3, 0.4) is 0 Å². The number of pyridine rings is 1. The summed E-state index contributed by atoms with van der Waals surface area (Å²) >= 11 is 3.46. The van der Waals surface area contributed by atoms with Crippen LogP contribution in [0.4, 0.5) is 0 Å². The second kappa shape index (κ2) is 5.53. The van der Waals surface area contributed by atoms with E-state index in [1.54, 1.807) is 0 Å². The van der Waals surface area contributed by atoms with E-state index in [1.165, 1.54) is 0 Å². The van der Waals surface area contributed by atoms with Crippen molar-refractivity contribution < 1.29 is 4.74 Å². The van der Waals surface area contributed by atoms with Gasteiger partial charge in [0.15, 0.2) is 0 Å². The summed E-state index contributed by atoms with van der Waals surface area (Å²) in [6.45, 7) is 6.65. The van der Waals surface area contributed by atoms with E-state index in [0.717, 1.165) is 32.7 Å². The summed E-state index contributed by atoms with van der Waals surface area (Å²) in [6.07, 6.45) is 0. The van der Waals surface area contributed by atoms with Crippen LogP contribution in [0.15, 0.2) is 34.9 Å². The molecule has 3 heteroatoms. The summed E-state index contributed by atoms with van der Waals surface area (Å²) in [5.74, 6) is 0.888. The molecule has 0 spiro atoms. The Labute approximate surface area is 116 Å². The van der Waals surface area contributed by atoms with Crippen LogP contribution in [0, 0.1) is 20.8 Å². The van der Waals surface area contributed by atoms with Crippen molar-refractivity contribution in [1.82, 2.24) is 4.98 Å². The number of hydrogen-bond acceptors (Lipinski definition) is 2. The van der Waals surface area contributed by atoms with Gasteiger partial charge in [0.05, 0.1) is 5.69 Å². The van der Waals surface area contributed by atoms with Crippen molar-refractivity contribution in [3.8, 4) is 5.75 Å². The van der Waals surface area contributed by atoms with Crippen LogP contribution in [0.1, 0.15) is 22.4 Å². The number of ether oxygens (including phenoxy) is 1. The molecule has 0 fully saturated rings. The van der Waals surface area contributed by atoms with Gasteiger partial charge in [0.25, 0.3) is 0 Å². The zero-order chi connectivity index (χ0) is 13.1. The number of rotatable bonds is 3.